The fourth-order valence-electron chi connectivity index (χ4n) is 3.31. The first kappa shape index (κ1) is 18.3. The maximum absolute atomic E-state index is 12.4. The van der Waals surface area contributed by atoms with Gasteiger partial charge < -0.3 is 15.4 Å². The van der Waals surface area contributed by atoms with Gasteiger partial charge in [-0.2, -0.15) is 0 Å². The summed E-state index contributed by atoms with van der Waals surface area (Å²) in [5.41, 5.74) is 3.11. The van der Waals surface area contributed by atoms with Gasteiger partial charge in [-0.25, -0.2) is 4.98 Å². The summed E-state index contributed by atoms with van der Waals surface area (Å²) < 4.78 is 7.09. The number of piperidine rings is 1. The summed E-state index contributed by atoms with van der Waals surface area (Å²) in [6.07, 6.45) is 4.06. The van der Waals surface area contributed by atoms with Crippen LogP contribution in [0.1, 0.15) is 40.2 Å². The van der Waals surface area contributed by atoms with Crippen LogP contribution in [-0.4, -0.2) is 46.1 Å². The Hall–Kier alpha value is -2.48. The molecule has 0 aliphatic carbocycles. The molecule has 1 aliphatic rings. The molecule has 2 aromatic rings. The van der Waals surface area contributed by atoms with Crippen molar-refractivity contribution in [2.75, 3.05) is 20.2 Å². The van der Waals surface area contributed by atoms with Crippen LogP contribution in [0.25, 0.3) is 0 Å². The van der Waals surface area contributed by atoms with Crippen molar-refractivity contribution >= 4 is 5.91 Å². The monoisotopic (exact) mass is 358 g/mol. The number of methoxy groups -OCH3 is 1. The van der Waals surface area contributed by atoms with Gasteiger partial charge in [0.1, 0.15) is 0 Å². The topological polar surface area (TPSA) is 94.0 Å². The Morgan fingerprint density at radius 2 is 2.31 bits per heavy atom. The Balaban J connectivity index is 1.60. The highest BCUT2D eigenvalue weighted by atomic mass is 16.5. The van der Waals surface area contributed by atoms with E-state index in [1.54, 1.807) is 18.0 Å². The van der Waals surface area contributed by atoms with Crippen molar-refractivity contribution in [3.8, 4) is 5.88 Å². The van der Waals surface area contributed by atoms with Crippen molar-refractivity contribution in [2.24, 2.45) is 5.92 Å². The van der Waals surface area contributed by atoms with Crippen LogP contribution in [0.3, 0.4) is 0 Å². The number of carbonyl (C=O) groups is 1. The van der Waals surface area contributed by atoms with Crippen molar-refractivity contribution in [2.45, 2.75) is 39.8 Å². The van der Waals surface area contributed by atoms with E-state index < -0.39 is 0 Å². The number of pyridine rings is 1. The molecule has 0 radical (unpaired) electrons. The molecule has 3 rings (SSSR count). The largest absolute Gasteiger partial charge is 0.481 e. The molecule has 1 atom stereocenters. The second-order valence-corrected chi connectivity index (χ2v) is 6.79. The van der Waals surface area contributed by atoms with Crippen molar-refractivity contribution in [1.29, 1.82) is 0 Å². The molecular weight excluding hydrogens is 332 g/mol. The van der Waals surface area contributed by atoms with E-state index in [-0.39, 0.29) is 5.91 Å². The summed E-state index contributed by atoms with van der Waals surface area (Å²) in [4.78, 5) is 16.8. The van der Waals surface area contributed by atoms with Crippen LogP contribution in [0.4, 0.5) is 0 Å². The maximum atomic E-state index is 12.4. The molecule has 1 saturated heterocycles. The average Bonchev–Trinajstić information content (AvgIpc) is 3.09. The lowest BCUT2D eigenvalue weighted by atomic mass is 10.00. The normalized spacial score (nSPS) is 17.1. The van der Waals surface area contributed by atoms with Crippen LogP contribution >= 0.6 is 0 Å². The minimum atomic E-state index is -0.250. The van der Waals surface area contributed by atoms with E-state index in [4.69, 9.17) is 4.74 Å². The Morgan fingerprint density at radius 1 is 1.46 bits per heavy atom. The zero-order valence-electron chi connectivity index (χ0n) is 15.6. The summed E-state index contributed by atoms with van der Waals surface area (Å²) in [7, 11) is 1.58. The lowest BCUT2D eigenvalue weighted by molar-refractivity contribution is 0.0945. The molecule has 2 N–H and O–H groups in total. The molecule has 0 bridgehead atoms. The second kappa shape index (κ2) is 8.27. The van der Waals surface area contributed by atoms with Gasteiger partial charge in [0.15, 0.2) is 5.69 Å². The number of aromatic nitrogens is 4. The summed E-state index contributed by atoms with van der Waals surface area (Å²) in [5, 5.41) is 14.4. The number of hydrogen-bond donors (Lipinski definition) is 2. The summed E-state index contributed by atoms with van der Waals surface area (Å²) in [6, 6.07) is 1.97. The molecule has 1 amide bonds. The van der Waals surface area contributed by atoms with Gasteiger partial charge >= 0.3 is 0 Å². The van der Waals surface area contributed by atoms with Gasteiger partial charge in [0, 0.05) is 24.3 Å². The molecule has 1 fully saturated rings. The zero-order valence-corrected chi connectivity index (χ0v) is 15.6. The molecular formula is C18H26N6O2. The quantitative estimate of drug-likeness (QED) is 0.807. The van der Waals surface area contributed by atoms with Gasteiger partial charge in [-0.1, -0.05) is 5.21 Å². The van der Waals surface area contributed by atoms with E-state index in [2.05, 4.69) is 25.9 Å². The van der Waals surface area contributed by atoms with E-state index in [1.165, 1.54) is 12.8 Å². The molecule has 3 heterocycles. The minimum absolute atomic E-state index is 0.250. The standard InChI is InChI=1S/C18H26N6O2/c1-12-7-13(2)21-18(26-3)15(12)9-20-17(25)16-11-24(23-22-16)10-14-5-4-6-19-8-14/h7,11,14,19H,4-6,8-10H2,1-3H3,(H,20,25). The van der Waals surface area contributed by atoms with Gasteiger partial charge in [0.25, 0.3) is 5.91 Å². The molecule has 1 aliphatic heterocycles. The highest BCUT2D eigenvalue weighted by Gasteiger charge is 2.17. The lowest BCUT2D eigenvalue weighted by Crippen LogP contribution is -2.32. The summed E-state index contributed by atoms with van der Waals surface area (Å²) in [6.45, 7) is 7.08. The molecule has 1 unspecified atom stereocenters. The first-order valence-electron chi connectivity index (χ1n) is 8.97. The Labute approximate surface area is 153 Å². The van der Waals surface area contributed by atoms with Crippen LogP contribution in [0.5, 0.6) is 5.88 Å². The fraction of sp³-hybridized carbons (Fsp3) is 0.556. The highest BCUT2D eigenvalue weighted by Crippen LogP contribution is 2.20. The Kier molecular flexibility index (Phi) is 5.82. The van der Waals surface area contributed by atoms with Crippen LogP contribution in [0, 0.1) is 19.8 Å². The average molecular weight is 358 g/mol. The van der Waals surface area contributed by atoms with Crippen molar-refractivity contribution in [3.63, 3.8) is 0 Å². The predicted octanol–water partition coefficient (Wildman–Crippen LogP) is 1.23. The van der Waals surface area contributed by atoms with Gasteiger partial charge in [-0.05, 0) is 57.3 Å². The molecule has 8 heteroatoms. The third kappa shape index (κ3) is 4.37. The van der Waals surface area contributed by atoms with Crippen LogP contribution in [-0.2, 0) is 13.1 Å². The number of nitrogens with one attached hydrogen (secondary N) is 2. The first-order chi connectivity index (χ1) is 12.6. The second-order valence-electron chi connectivity index (χ2n) is 6.79. The van der Waals surface area contributed by atoms with Gasteiger partial charge in [-0.15, -0.1) is 5.10 Å². The zero-order chi connectivity index (χ0) is 18.5. The highest BCUT2D eigenvalue weighted by molar-refractivity contribution is 5.91. The van der Waals surface area contributed by atoms with Crippen molar-refractivity contribution in [3.05, 3.63) is 34.8 Å². The summed E-state index contributed by atoms with van der Waals surface area (Å²) >= 11 is 0. The Morgan fingerprint density at radius 3 is 3.04 bits per heavy atom. The molecule has 140 valence electrons. The van der Waals surface area contributed by atoms with E-state index in [0.717, 1.165) is 36.5 Å². The number of rotatable bonds is 6. The van der Waals surface area contributed by atoms with E-state index in [9.17, 15) is 4.79 Å². The molecule has 0 saturated carbocycles. The number of hydrogen-bond acceptors (Lipinski definition) is 6. The SMILES string of the molecule is COc1nc(C)cc(C)c1CNC(=O)c1cn(CC2CCCNC2)nn1. The number of aryl methyl sites for hydroxylation is 2. The molecule has 8 nitrogen and oxygen atoms in total. The van der Waals surface area contributed by atoms with Crippen molar-refractivity contribution in [1.82, 2.24) is 30.6 Å². The Bertz CT molecular complexity index is 767. The minimum Gasteiger partial charge on any atom is -0.481 e. The van der Waals surface area contributed by atoms with Crippen LogP contribution < -0.4 is 15.4 Å². The number of amides is 1. The van der Waals surface area contributed by atoms with Crippen LogP contribution in [0.15, 0.2) is 12.3 Å². The van der Waals surface area contributed by atoms with E-state index in [0.29, 0.717) is 24.0 Å². The third-order valence-corrected chi connectivity index (χ3v) is 4.67. The molecule has 2 aromatic heterocycles. The molecule has 0 spiro atoms. The van der Waals surface area contributed by atoms with Gasteiger partial charge in [-0.3, -0.25) is 9.48 Å². The number of carbonyl (C=O) groups excluding carboxylic acids is 1. The number of nitrogens with zero attached hydrogens (tertiary/aromatic N) is 4. The van der Waals surface area contributed by atoms with E-state index in [1.807, 2.05) is 19.9 Å². The van der Waals surface area contributed by atoms with Gasteiger partial charge in [0.05, 0.1) is 13.3 Å². The smallest absolute Gasteiger partial charge is 0.273 e. The molecule has 0 aromatic carbocycles. The van der Waals surface area contributed by atoms with Crippen LogP contribution in [0.2, 0.25) is 0 Å². The van der Waals surface area contributed by atoms with Crippen molar-refractivity contribution < 1.29 is 9.53 Å². The van der Waals surface area contributed by atoms with Gasteiger partial charge in [0.2, 0.25) is 5.88 Å². The predicted molar refractivity (Wildman–Crippen MR) is 97.0 cm³/mol. The molecule has 26 heavy (non-hydrogen) atoms. The fourth-order valence-corrected chi connectivity index (χ4v) is 3.31. The number of ether oxygens (including phenoxy) is 1. The third-order valence-electron chi connectivity index (χ3n) is 4.67. The first-order valence-corrected chi connectivity index (χ1v) is 8.97. The lowest BCUT2D eigenvalue weighted by Gasteiger charge is -2.22. The van der Waals surface area contributed by atoms with E-state index >= 15 is 0 Å². The summed E-state index contributed by atoms with van der Waals surface area (Å²) in [5.74, 6) is 0.822. The maximum Gasteiger partial charge on any atom is 0.273 e.